The summed E-state index contributed by atoms with van der Waals surface area (Å²) in [5.74, 6) is -0.417. The Labute approximate surface area is 134 Å². The Hall–Kier alpha value is -2.21. The summed E-state index contributed by atoms with van der Waals surface area (Å²) in [6.45, 7) is 7.28. The van der Waals surface area contributed by atoms with Crippen LogP contribution in [0.4, 0.5) is 4.39 Å². The number of aryl methyl sites for hydroxylation is 1. The highest BCUT2D eigenvalue weighted by Crippen LogP contribution is 2.32. The molecule has 0 bridgehead atoms. The molecule has 3 rings (SSSR count). The normalized spacial score (nSPS) is 17.3. The molecule has 3 N–H and O–H groups in total. The fraction of sp³-hybridized carbons (Fsp3) is 0.412. The first-order valence-electron chi connectivity index (χ1n) is 7.78. The van der Waals surface area contributed by atoms with E-state index in [0.717, 1.165) is 12.2 Å². The quantitative estimate of drug-likeness (QED) is 0.913. The summed E-state index contributed by atoms with van der Waals surface area (Å²) in [7, 11) is 0. The third-order valence-corrected chi connectivity index (χ3v) is 4.42. The SMILES string of the molecule is Cc1cc(-c2nn3c(c2C(N)=O)CNCC3C(C)C)ccc1F. The lowest BCUT2D eigenvalue weighted by Gasteiger charge is -2.28. The van der Waals surface area contributed by atoms with Gasteiger partial charge in [0.15, 0.2) is 0 Å². The van der Waals surface area contributed by atoms with Gasteiger partial charge in [0.05, 0.1) is 17.3 Å². The van der Waals surface area contributed by atoms with Gasteiger partial charge in [-0.25, -0.2) is 4.39 Å². The van der Waals surface area contributed by atoms with E-state index in [9.17, 15) is 9.18 Å². The molecule has 1 aromatic carbocycles. The molecule has 1 aromatic heterocycles. The van der Waals surface area contributed by atoms with Gasteiger partial charge in [0, 0.05) is 18.7 Å². The number of rotatable bonds is 3. The van der Waals surface area contributed by atoms with E-state index < -0.39 is 5.91 Å². The highest BCUT2D eigenvalue weighted by Gasteiger charge is 2.30. The Morgan fingerprint density at radius 3 is 2.83 bits per heavy atom. The minimum atomic E-state index is -0.505. The monoisotopic (exact) mass is 316 g/mol. The third-order valence-electron chi connectivity index (χ3n) is 4.42. The summed E-state index contributed by atoms with van der Waals surface area (Å²) in [5, 5.41) is 7.99. The van der Waals surface area contributed by atoms with E-state index in [1.165, 1.54) is 6.07 Å². The lowest BCUT2D eigenvalue weighted by Crippen LogP contribution is -2.37. The summed E-state index contributed by atoms with van der Waals surface area (Å²) >= 11 is 0. The number of amides is 1. The molecule has 0 radical (unpaired) electrons. The highest BCUT2D eigenvalue weighted by molar-refractivity contribution is 6.00. The Morgan fingerprint density at radius 2 is 2.22 bits per heavy atom. The molecule has 1 atom stereocenters. The maximum absolute atomic E-state index is 13.5. The number of benzene rings is 1. The van der Waals surface area contributed by atoms with Crippen LogP contribution in [0, 0.1) is 18.7 Å². The number of halogens is 1. The molecule has 23 heavy (non-hydrogen) atoms. The maximum Gasteiger partial charge on any atom is 0.252 e. The average molecular weight is 316 g/mol. The van der Waals surface area contributed by atoms with Crippen LogP contribution < -0.4 is 11.1 Å². The van der Waals surface area contributed by atoms with Crippen LogP contribution in [0.5, 0.6) is 0 Å². The smallest absolute Gasteiger partial charge is 0.252 e. The second-order valence-electron chi connectivity index (χ2n) is 6.39. The molecule has 1 unspecified atom stereocenters. The van der Waals surface area contributed by atoms with Crippen LogP contribution in [0.25, 0.3) is 11.3 Å². The van der Waals surface area contributed by atoms with E-state index in [1.54, 1.807) is 19.1 Å². The zero-order valence-corrected chi connectivity index (χ0v) is 13.6. The lowest BCUT2D eigenvalue weighted by molar-refractivity contribution is 0.0999. The van der Waals surface area contributed by atoms with Crippen molar-refractivity contribution in [1.29, 1.82) is 0 Å². The van der Waals surface area contributed by atoms with Gasteiger partial charge in [0.2, 0.25) is 0 Å². The number of primary amides is 1. The van der Waals surface area contributed by atoms with Crippen molar-refractivity contribution in [1.82, 2.24) is 15.1 Å². The maximum atomic E-state index is 13.5. The fourth-order valence-electron chi connectivity index (χ4n) is 3.11. The van der Waals surface area contributed by atoms with E-state index in [2.05, 4.69) is 24.3 Å². The van der Waals surface area contributed by atoms with Crippen LogP contribution in [0.15, 0.2) is 18.2 Å². The zero-order chi connectivity index (χ0) is 16.7. The van der Waals surface area contributed by atoms with Gasteiger partial charge in [0.1, 0.15) is 11.5 Å². The van der Waals surface area contributed by atoms with Gasteiger partial charge in [0.25, 0.3) is 5.91 Å². The molecular formula is C17H21FN4O. The summed E-state index contributed by atoms with van der Waals surface area (Å²) < 4.78 is 15.5. The van der Waals surface area contributed by atoms with Gasteiger partial charge >= 0.3 is 0 Å². The molecule has 2 aromatic rings. The second kappa shape index (κ2) is 5.77. The number of fused-ring (bicyclic) bond motifs is 1. The molecule has 0 fully saturated rings. The highest BCUT2D eigenvalue weighted by atomic mass is 19.1. The van der Waals surface area contributed by atoms with Crippen molar-refractivity contribution in [3.8, 4) is 11.3 Å². The molecule has 0 spiro atoms. The first kappa shape index (κ1) is 15.7. The zero-order valence-electron chi connectivity index (χ0n) is 13.6. The van der Waals surface area contributed by atoms with Crippen LogP contribution in [0.3, 0.4) is 0 Å². The van der Waals surface area contributed by atoms with Gasteiger partial charge in [-0.1, -0.05) is 13.8 Å². The molecule has 1 aliphatic rings. The third kappa shape index (κ3) is 2.63. The molecule has 1 aliphatic heterocycles. The van der Waals surface area contributed by atoms with Crippen molar-refractivity contribution in [2.45, 2.75) is 33.4 Å². The summed E-state index contributed by atoms with van der Waals surface area (Å²) in [5.41, 5.74) is 8.60. The number of carbonyl (C=O) groups is 1. The second-order valence-corrected chi connectivity index (χ2v) is 6.39. The van der Waals surface area contributed by atoms with Crippen LogP contribution in [0.2, 0.25) is 0 Å². The van der Waals surface area contributed by atoms with Crippen LogP contribution >= 0.6 is 0 Å². The topological polar surface area (TPSA) is 72.9 Å². The number of nitrogens with one attached hydrogen (secondary N) is 1. The number of carbonyl (C=O) groups excluding carboxylic acids is 1. The minimum Gasteiger partial charge on any atom is -0.365 e. The van der Waals surface area contributed by atoms with Crippen LogP contribution in [0.1, 0.15) is 41.5 Å². The number of nitrogens with two attached hydrogens (primary N) is 1. The molecule has 1 amide bonds. The summed E-state index contributed by atoms with van der Waals surface area (Å²) in [6.07, 6.45) is 0. The number of nitrogens with zero attached hydrogens (tertiary/aromatic N) is 2. The van der Waals surface area contributed by atoms with Crippen molar-refractivity contribution in [2.24, 2.45) is 11.7 Å². The van der Waals surface area contributed by atoms with Crippen molar-refractivity contribution in [2.75, 3.05) is 6.54 Å². The molecule has 5 nitrogen and oxygen atoms in total. The largest absolute Gasteiger partial charge is 0.365 e. The Morgan fingerprint density at radius 1 is 1.48 bits per heavy atom. The van der Waals surface area contributed by atoms with Crippen molar-refractivity contribution in [3.63, 3.8) is 0 Å². The Balaban J connectivity index is 2.21. The van der Waals surface area contributed by atoms with Crippen molar-refractivity contribution in [3.05, 3.63) is 40.8 Å². The average Bonchev–Trinajstić information content (AvgIpc) is 2.89. The predicted octanol–water partition coefficient (Wildman–Crippen LogP) is 2.40. The predicted molar refractivity (Wildman–Crippen MR) is 86.5 cm³/mol. The molecule has 0 saturated heterocycles. The fourth-order valence-corrected chi connectivity index (χ4v) is 3.11. The van der Waals surface area contributed by atoms with Gasteiger partial charge in [-0.05, 0) is 36.6 Å². The first-order valence-corrected chi connectivity index (χ1v) is 7.78. The number of hydrogen-bond donors (Lipinski definition) is 2. The van der Waals surface area contributed by atoms with Gasteiger partial charge in [-0.2, -0.15) is 5.10 Å². The summed E-state index contributed by atoms with van der Waals surface area (Å²) in [4.78, 5) is 12.0. The van der Waals surface area contributed by atoms with E-state index in [-0.39, 0.29) is 11.9 Å². The molecule has 122 valence electrons. The molecule has 2 heterocycles. The standard InChI is InChI=1S/C17H21FN4O/c1-9(2)13-7-20-8-14-15(17(19)23)16(21-22(13)14)11-4-5-12(18)10(3)6-11/h4-6,9,13,20H,7-8H2,1-3H3,(H2,19,23). The van der Waals surface area contributed by atoms with Gasteiger partial charge < -0.3 is 11.1 Å². The Bertz CT molecular complexity index is 766. The number of hydrogen-bond acceptors (Lipinski definition) is 3. The van der Waals surface area contributed by atoms with E-state index in [0.29, 0.717) is 34.8 Å². The first-order chi connectivity index (χ1) is 10.9. The molecule has 6 heteroatoms. The molecule has 0 aliphatic carbocycles. The summed E-state index contributed by atoms with van der Waals surface area (Å²) in [6, 6.07) is 4.90. The van der Waals surface area contributed by atoms with E-state index >= 15 is 0 Å². The van der Waals surface area contributed by atoms with Gasteiger partial charge in [-0.3, -0.25) is 9.48 Å². The van der Waals surface area contributed by atoms with Crippen molar-refractivity contribution < 1.29 is 9.18 Å². The Kier molecular flexibility index (Phi) is 3.93. The number of aromatic nitrogens is 2. The van der Waals surface area contributed by atoms with E-state index in [4.69, 9.17) is 5.73 Å². The van der Waals surface area contributed by atoms with Crippen LogP contribution in [-0.4, -0.2) is 22.2 Å². The molecular weight excluding hydrogens is 295 g/mol. The lowest BCUT2D eigenvalue weighted by atomic mass is 10.00. The minimum absolute atomic E-state index is 0.159. The van der Waals surface area contributed by atoms with Crippen molar-refractivity contribution >= 4 is 5.91 Å². The van der Waals surface area contributed by atoms with Crippen LogP contribution in [-0.2, 0) is 6.54 Å². The van der Waals surface area contributed by atoms with Gasteiger partial charge in [-0.15, -0.1) is 0 Å². The van der Waals surface area contributed by atoms with E-state index in [1.807, 2.05) is 4.68 Å². The molecule has 0 saturated carbocycles.